The Morgan fingerprint density at radius 1 is 1.25 bits per heavy atom. The Morgan fingerprint density at radius 3 is 2.69 bits per heavy atom. The minimum atomic E-state index is 0.977. The molecule has 0 saturated carbocycles. The molecular weight excluding hydrogens is 198 g/mol. The van der Waals surface area contributed by atoms with Crippen LogP contribution < -0.4 is 10.1 Å². The number of ether oxygens (including phenoxy) is 1. The first kappa shape index (κ1) is 11.2. The first-order chi connectivity index (χ1) is 7.74. The Kier molecular flexibility index (Phi) is 3.30. The molecule has 0 atom stereocenters. The number of benzene rings is 1. The van der Waals surface area contributed by atoms with Crippen LogP contribution in [0.2, 0.25) is 0 Å². The second-order valence-corrected chi connectivity index (χ2v) is 4.27. The molecule has 0 aromatic heterocycles. The van der Waals surface area contributed by atoms with Gasteiger partial charge in [0.1, 0.15) is 5.75 Å². The molecule has 86 valence electrons. The van der Waals surface area contributed by atoms with Crippen molar-refractivity contribution < 1.29 is 4.74 Å². The van der Waals surface area contributed by atoms with Gasteiger partial charge < -0.3 is 10.1 Å². The summed E-state index contributed by atoms with van der Waals surface area (Å²) in [6, 6.07) is 4.36. The van der Waals surface area contributed by atoms with Crippen LogP contribution in [-0.4, -0.2) is 20.2 Å². The lowest BCUT2D eigenvalue weighted by Gasteiger charge is -2.18. The van der Waals surface area contributed by atoms with Crippen molar-refractivity contribution in [2.45, 2.75) is 20.3 Å². The molecule has 0 unspecified atom stereocenters. The van der Waals surface area contributed by atoms with E-state index in [1.165, 1.54) is 22.3 Å². The summed E-state index contributed by atoms with van der Waals surface area (Å²) < 4.78 is 5.46. The monoisotopic (exact) mass is 217 g/mol. The van der Waals surface area contributed by atoms with Crippen LogP contribution in [0.15, 0.2) is 18.2 Å². The molecule has 2 rings (SSSR count). The standard InChI is InChI=1S/C14H19NO/c1-10-4-5-13(11(2)14(10)16-3)12-6-8-15-9-7-12/h4-6,15H,7-9H2,1-3H3. The molecule has 16 heavy (non-hydrogen) atoms. The average Bonchev–Trinajstić information content (AvgIpc) is 2.31. The number of rotatable bonds is 2. The normalized spacial score (nSPS) is 15.8. The topological polar surface area (TPSA) is 21.3 Å². The quantitative estimate of drug-likeness (QED) is 0.822. The van der Waals surface area contributed by atoms with Crippen LogP contribution in [0.1, 0.15) is 23.1 Å². The Morgan fingerprint density at radius 2 is 2.06 bits per heavy atom. The summed E-state index contributed by atoms with van der Waals surface area (Å²) in [5.41, 5.74) is 5.24. The third-order valence-electron chi connectivity index (χ3n) is 3.22. The van der Waals surface area contributed by atoms with Crippen LogP contribution in [0.25, 0.3) is 5.57 Å². The third kappa shape index (κ3) is 1.98. The van der Waals surface area contributed by atoms with Gasteiger partial charge in [0.15, 0.2) is 0 Å². The van der Waals surface area contributed by atoms with E-state index in [2.05, 4.69) is 37.4 Å². The van der Waals surface area contributed by atoms with E-state index in [9.17, 15) is 0 Å². The fourth-order valence-corrected chi connectivity index (χ4v) is 2.36. The zero-order valence-electron chi connectivity index (χ0n) is 10.3. The first-order valence-electron chi connectivity index (χ1n) is 5.78. The van der Waals surface area contributed by atoms with Gasteiger partial charge in [0.05, 0.1) is 7.11 Å². The molecule has 1 aliphatic heterocycles. The van der Waals surface area contributed by atoms with E-state index in [4.69, 9.17) is 4.74 Å². The second kappa shape index (κ2) is 4.71. The molecule has 0 bridgehead atoms. The molecule has 1 heterocycles. The van der Waals surface area contributed by atoms with E-state index < -0.39 is 0 Å². The zero-order valence-corrected chi connectivity index (χ0v) is 10.3. The number of nitrogens with one attached hydrogen (secondary N) is 1. The summed E-state index contributed by atoms with van der Waals surface area (Å²) in [6.07, 6.45) is 3.38. The lowest BCUT2D eigenvalue weighted by atomic mass is 9.94. The fraction of sp³-hybridized carbons (Fsp3) is 0.429. The maximum atomic E-state index is 5.46. The van der Waals surface area contributed by atoms with Crippen LogP contribution in [0, 0.1) is 13.8 Å². The Labute approximate surface area is 97.3 Å². The van der Waals surface area contributed by atoms with E-state index in [1.807, 2.05) is 0 Å². The highest BCUT2D eigenvalue weighted by Crippen LogP contribution is 2.31. The molecule has 1 aromatic carbocycles. The van der Waals surface area contributed by atoms with Crippen LogP contribution in [0.5, 0.6) is 5.75 Å². The van der Waals surface area contributed by atoms with Crippen molar-refractivity contribution in [1.82, 2.24) is 5.32 Å². The summed E-state index contributed by atoms with van der Waals surface area (Å²) in [6.45, 7) is 6.28. The molecule has 1 aliphatic rings. The molecule has 1 N–H and O–H groups in total. The minimum absolute atomic E-state index is 0.977. The largest absolute Gasteiger partial charge is 0.496 e. The molecule has 0 saturated heterocycles. The SMILES string of the molecule is COc1c(C)ccc(C2=CCNCC2)c1C. The van der Waals surface area contributed by atoms with E-state index >= 15 is 0 Å². The second-order valence-electron chi connectivity index (χ2n) is 4.27. The molecular formula is C14H19NO. The Bertz CT molecular complexity index is 421. The third-order valence-corrected chi connectivity index (χ3v) is 3.22. The highest BCUT2D eigenvalue weighted by Gasteiger charge is 2.12. The van der Waals surface area contributed by atoms with Gasteiger partial charge in [-0.05, 0) is 49.1 Å². The van der Waals surface area contributed by atoms with Gasteiger partial charge in [-0.15, -0.1) is 0 Å². The first-order valence-corrected chi connectivity index (χ1v) is 5.78. The van der Waals surface area contributed by atoms with Gasteiger partial charge in [-0.2, -0.15) is 0 Å². The highest BCUT2D eigenvalue weighted by molar-refractivity contribution is 5.71. The van der Waals surface area contributed by atoms with Crippen molar-refractivity contribution in [3.63, 3.8) is 0 Å². The number of methoxy groups -OCH3 is 1. The average molecular weight is 217 g/mol. The number of aryl methyl sites for hydroxylation is 1. The van der Waals surface area contributed by atoms with Crippen molar-refractivity contribution in [3.05, 3.63) is 34.9 Å². The lowest BCUT2D eigenvalue weighted by molar-refractivity contribution is 0.408. The van der Waals surface area contributed by atoms with E-state index in [1.54, 1.807) is 7.11 Å². The Hall–Kier alpha value is -1.28. The van der Waals surface area contributed by atoms with Crippen molar-refractivity contribution in [2.75, 3.05) is 20.2 Å². The molecule has 0 spiro atoms. The number of hydrogen-bond acceptors (Lipinski definition) is 2. The van der Waals surface area contributed by atoms with Crippen molar-refractivity contribution >= 4 is 5.57 Å². The fourth-order valence-electron chi connectivity index (χ4n) is 2.36. The van der Waals surface area contributed by atoms with Crippen LogP contribution in [0.3, 0.4) is 0 Å². The predicted octanol–water partition coefficient (Wildman–Crippen LogP) is 2.69. The van der Waals surface area contributed by atoms with Gasteiger partial charge in [-0.3, -0.25) is 0 Å². The van der Waals surface area contributed by atoms with Crippen molar-refractivity contribution in [1.29, 1.82) is 0 Å². The van der Waals surface area contributed by atoms with Crippen molar-refractivity contribution in [3.8, 4) is 5.75 Å². The van der Waals surface area contributed by atoms with Gasteiger partial charge in [0.25, 0.3) is 0 Å². The van der Waals surface area contributed by atoms with Crippen LogP contribution in [-0.2, 0) is 0 Å². The predicted molar refractivity (Wildman–Crippen MR) is 67.9 cm³/mol. The minimum Gasteiger partial charge on any atom is -0.496 e. The summed E-state index contributed by atoms with van der Waals surface area (Å²) >= 11 is 0. The van der Waals surface area contributed by atoms with Crippen LogP contribution >= 0.6 is 0 Å². The summed E-state index contributed by atoms with van der Waals surface area (Å²) in [4.78, 5) is 0. The molecule has 0 radical (unpaired) electrons. The van der Waals surface area contributed by atoms with Gasteiger partial charge in [0.2, 0.25) is 0 Å². The van der Waals surface area contributed by atoms with Gasteiger partial charge >= 0.3 is 0 Å². The van der Waals surface area contributed by atoms with Gasteiger partial charge in [0, 0.05) is 6.54 Å². The molecule has 0 amide bonds. The van der Waals surface area contributed by atoms with E-state index in [-0.39, 0.29) is 0 Å². The maximum absolute atomic E-state index is 5.46. The molecule has 1 aromatic rings. The van der Waals surface area contributed by atoms with Gasteiger partial charge in [-0.25, -0.2) is 0 Å². The maximum Gasteiger partial charge on any atom is 0.125 e. The summed E-state index contributed by atoms with van der Waals surface area (Å²) in [5, 5.41) is 3.34. The van der Waals surface area contributed by atoms with E-state index in [0.717, 1.165) is 25.3 Å². The molecule has 0 aliphatic carbocycles. The zero-order chi connectivity index (χ0) is 11.5. The van der Waals surface area contributed by atoms with Crippen molar-refractivity contribution in [2.24, 2.45) is 0 Å². The highest BCUT2D eigenvalue weighted by atomic mass is 16.5. The Balaban J connectivity index is 2.45. The molecule has 2 nitrogen and oxygen atoms in total. The molecule has 2 heteroatoms. The van der Waals surface area contributed by atoms with E-state index in [0.29, 0.717) is 0 Å². The molecule has 0 fully saturated rings. The summed E-state index contributed by atoms with van der Waals surface area (Å²) in [5.74, 6) is 1.02. The number of hydrogen-bond donors (Lipinski definition) is 1. The summed E-state index contributed by atoms with van der Waals surface area (Å²) in [7, 11) is 1.75. The smallest absolute Gasteiger partial charge is 0.125 e. The lowest BCUT2D eigenvalue weighted by Crippen LogP contribution is -2.20. The van der Waals surface area contributed by atoms with Crippen LogP contribution in [0.4, 0.5) is 0 Å². The van der Waals surface area contributed by atoms with Gasteiger partial charge in [-0.1, -0.05) is 18.2 Å².